The van der Waals surface area contributed by atoms with Gasteiger partial charge in [-0.25, -0.2) is 13.2 Å². The highest BCUT2D eigenvalue weighted by molar-refractivity contribution is 5.48. The van der Waals surface area contributed by atoms with Crippen LogP contribution in [0.1, 0.15) is 13.3 Å². The van der Waals surface area contributed by atoms with Crippen molar-refractivity contribution in [3.63, 3.8) is 0 Å². The fourth-order valence-electron chi connectivity index (χ4n) is 2.02. The number of halogens is 3. The molecule has 1 aromatic rings. The van der Waals surface area contributed by atoms with Gasteiger partial charge in [0, 0.05) is 37.8 Å². The van der Waals surface area contributed by atoms with Crippen LogP contribution in [0.2, 0.25) is 0 Å². The molecular weight excluding hydrogens is 229 g/mol. The van der Waals surface area contributed by atoms with Gasteiger partial charge in [-0.15, -0.1) is 0 Å². The molecule has 0 saturated carbocycles. The van der Waals surface area contributed by atoms with E-state index < -0.39 is 17.5 Å². The van der Waals surface area contributed by atoms with Gasteiger partial charge in [-0.3, -0.25) is 0 Å². The molecule has 1 heterocycles. The highest BCUT2D eigenvalue weighted by Crippen LogP contribution is 2.24. The highest BCUT2D eigenvalue weighted by atomic mass is 19.2. The Morgan fingerprint density at radius 1 is 1.24 bits per heavy atom. The summed E-state index contributed by atoms with van der Waals surface area (Å²) in [6.45, 7) is 3.85. The average molecular weight is 244 g/mol. The Morgan fingerprint density at radius 2 is 2.00 bits per heavy atom. The van der Waals surface area contributed by atoms with Gasteiger partial charge in [-0.2, -0.15) is 0 Å². The van der Waals surface area contributed by atoms with Gasteiger partial charge >= 0.3 is 0 Å². The van der Waals surface area contributed by atoms with Gasteiger partial charge in [0.15, 0.2) is 11.6 Å². The molecule has 1 aromatic carbocycles. The minimum absolute atomic E-state index is 0.0124. The van der Waals surface area contributed by atoms with Crippen molar-refractivity contribution in [2.75, 3.05) is 24.5 Å². The molecule has 0 aliphatic carbocycles. The summed E-state index contributed by atoms with van der Waals surface area (Å²) < 4.78 is 39.8. The summed E-state index contributed by atoms with van der Waals surface area (Å²) in [7, 11) is 0. The summed E-state index contributed by atoms with van der Waals surface area (Å²) in [6, 6.07) is 1.95. The summed E-state index contributed by atoms with van der Waals surface area (Å²) in [5.41, 5.74) is 0.0124. The lowest BCUT2D eigenvalue weighted by molar-refractivity contribution is 0.492. The SMILES string of the molecule is CC1CCN(c2cc(F)cc(F)c2F)CCN1. The zero-order chi connectivity index (χ0) is 12.4. The maximum absolute atomic E-state index is 13.6. The molecule has 1 aliphatic rings. The lowest BCUT2D eigenvalue weighted by atomic mass is 10.2. The molecule has 17 heavy (non-hydrogen) atoms. The molecule has 2 rings (SSSR count). The Hall–Kier alpha value is -1.23. The van der Waals surface area contributed by atoms with Gasteiger partial charge < -0.3 is 10.2 Å². The van der Waals surface area contributed by atoms with E-state index in [2.05, 4.69) is 5.32 Å². The molecule has 0 spiro atoms. The minimum Gasteiger partial charge on any atom is -0.368 e. The number of hydrogen-bond acceptors (Lipinski definition) is 2. The van der Waals surface area contributed by atoms with Crippen LogP contribution < -0.4 is 10.2 Å². The Balaban J connectivity index is 2.26. The van der Waals surface area contributed by atoms with Gasteiger partial charge in [-0.05, 0) is 13.3 Å². The maximum atomic E-state index is 13.6. The summed E-state index contributed by atoms with van der Waals surface area (Å²) in [6.07, 6.45) is 0.817. The lowest BCUT2D eigenvalue weighted by Gasteiger charge is -2.23. The largest absolute Gasteiger partial charge is 0.368 e. The van der Waals surface area contributed by atoms with Crippen molar-refractivity contribution in [3.8, 4) is 0 Å². The van der Waals surface area contributed by atoms with Crippen LogP contribution >= 0.6 is 0 Å². The van der Waals surface area contributed by atoms with E-state index in [-0.39, 0.29) is 5.69 Å². The Labute approximate surface area is 98.4 Å². The highest BCUT2D eigenvalue weighted by Gasteiger charge is 2.19. The zero-order valence-electron chi connectivity index (χ0n) is 9.64. The van der Waals surface area contributed by atoms with Crippen molar-refractivity contribution in [2.24, 2.45) is 0 Å². The molecule has 1 N–H and O–H groups in total. The van der Waals surface area contributed by atoms with Crippen LogP contribution in [0.15, 0.2) is 12.1 Å². The van der Waals surface area contributed by atoms with Crippen molar-refractivity contribution in [3.05, 3.63) is 29.6 Å². The molecular formula is C12H15F3N2. The fraction of sp³-hybridized carbons (Fsp3) is 0.500. The van der Waals surface area contributed by atoms with Crippen LogP contribution in [-0.4, -0.2) is 25.7 Å². The second kappa shape index (κ2) is 4.96. The summed E-state index contributed by atoms with van der Waals surface area (Å²) in [5.74, 6) is -2.85. The van der Waals surface area contributed by atoms with E-state index in [1.807, 2.05) is 6.92 Å². The average Bonchev–Trinajstić information content (AvgIpc) is 2.48. The van der Waals surface area contributed by atoms with Gasteiger partial charge in [0.05, 0.1) is 5.69 Å². The molecule has 1 aliphatic heterocycles. The minimum atomic E-state index is -1.13. The maximum Gasteiger partial charge on any atom is 0.182 e. The number of nitrogens with one attached hydrogen (secondary N) is 1. The quantitative estimate of drug-likeness (QED) is 0.762. The van der Waals surface area contributed by atoms with Crippen LogP contribution in [0.3, 0.4) is 0 Å². The van der Waals surface area contributed by atoms with E-state index in [1.54, 1.807) is 4.90 Å². The molecule has 94 valence electrons. The van der Waals surface area contributed by atoms with E-state index in [0.717, 1.165) is 12.5 Å². The lowest BCUT2D eigenvalue weighted by Crippen LogP contribution is -2.29. The van der Waals surface area contributed by atoms with E-state index in [0.29, 0.717) is 31.7 Å². The third kappa shape index (κ3) is 2.72. The van der Waals surface area contributed by atoms with E-state index in [1.165, 1.54) is 0 Å². The van der Waals surface area contributed by atoms with Crippen molar-refractivity contribution < 1.29 is 13.2 Å². The zero-order valence-corrected chi connectivity index (χ0v) is 9.64. The Morgan fingerprint density at radius 3 is 2.76 bits per heavy atom. The first-order valence-electron chi connectivity index (χ1n) is 5.71. The number of hydrogen-bond donors (Lipinski definition) is 1. The molecule has 1 atom stereocenters. The van der Waals surface area contributed by atoms with Crippen LogP contribution in [0.4, 0.5) is 18.9 Å². The molecule has 1 saturated heterocycles. The van der Waals surface area contributed by atoms with Crippen molar-refractivity contribution in [2.45, 2.75) is 19.4 Å². The van der Waals surface area contributed by atoms with Crippen LogP contribution in [-0.2, 0) is 0 Å². The topological polar surface area (TPSA) is 15.3 Å². The van der Waals surface area contributed by atoms with Gasteiger partial charge in [0.2, 0.25) is 0 Å². The molecule has 0 bridgehead atoms. The van der Waals surface area contributed by atoms with Crippen LogP contribution in [0, 0.1) is 17.5 Å². The summed E-state index contributed by atoms with van der Waals surface area (Å²) >= 11 is 0. The smallest absolute Gasteiger partial charge is 0.182 e. The fourth-order valence-corrected chi connectivity index (χ4v) is 2.02. The summed E-state index contributed by atoms with van der Waals surface area (Å²) in [5, 5.41) is 3.24. The second-order valence-electron chi connectivity index (χ2n) is 4.35. The van der Waals surface area contributed by atoms with E-state index in [9.17, 15) is 13.2 Å². The summed E-state index contributed by atoms with van der Waals surface area (Å²) in [4.78, 5) is 1.68. The Bertz CT molecular complexity index is 409. The van der Waals surface area contributed by atoms with E-state index >= 15 is 0 Å². The number of anilines is 1. The molecule has 2 nitrogen and oxygen atoms in total. The predicted octanol–water partition coefficient (Wildman–Crippen LogP) is 2.29. The third-order valence-corrected chi connectivity index (χ3v) is 3.02. The molecule has 5 heteroatoms. The normalized spacial score (nSPS) is 21.4. The van der Waals surface area contributed by atoms with Crippen LogP contribution in [0.5, 0.6) is 0 Å². The van der Waals surface area contributed by atoms with Gasteiger partial charge in [0.1, 0.15) is 5.82 Å². The van der Waals surface area contributed by atoms with Crippen molar-refractivity contribution >= 4 is 5.69 Å². The monoisotopic (exact) mass is 244 g/mol. The molecule has 1 unspecified atom stereocenters. The molecule has 0 aromatic heterocycles. The second-order valence-corrected chi connectivity index (χ2v) is 4.35. The third-order valence-electron chi connectivity index (χ3n) is 3.02. The molecule has 0 amide bonds. The number of benzene rings is 1. The van der Waals surface area contributed by atoms with Gasteiger partial charge in [-0.1, -0.05) is 0 Å². The number of nitrogens with zero attached hydrogens (tertiary/aromatic N) is 1. The Kier molecular flexibility index (Phi) is 3.57. The molecule has 0 radical (unpaired) electrons. The van der Waals surface area contributed by atoms with Crippen LogP contribution in [0.25, 0.3) is 0 Å². The molecule has 1 fully saturated rings. The van der Waals surface area contributed by atoms with Gasteiger partial charge in [0.25, 0.3) is 0 Å². The predicted molar refractivity (Wildman–Crippen MR) is 60.6 cm³/mol. The van der Waals surface area contributed by atoms with E-state index in [4.69, 9.17) is 0 Å². The number of rotatable bonds is 1. The first kappa shape index (κ1) is 12.2. The first-order valence-corrected chi connectivity index (χ1v) is 5.71. The van der Waals surface area contributed by atoms with Crippen molar-refractivity contribution in [1.29, 1.82) is 0 Å². The van der Waals surface area contributed by atoms with Crippen molar-refractivity contribution in [1.82, 2.24) is 5.32 Å². The standard InChI is InChI=1S/C12H15F3N2/c1-8-2-4-17(5-3-16-8)11-7-9(13)6-10(14)12(11)15/h6-8,16H,2-5H2,1H3. The first-order chi connectivity index (χ1) is 8.08.